The molecule has 100 valence electrons. The zero-order chi connectivity index (χ0) is 13.5. The van der Waals surface area contributed by atoms with E-state index in [0.717, 1.165) is 0 Å². The minimum Gasteiger partial charge on any atom is -0.481 e. The molecule has 0 spiro atoms. The van der Waals surface area contributed by atoms with Crippen LogP contribution in [0.4, 0.5) is 4.39 Å². The maximum atomic E-state index is 13.4. The van der Waals surface area contributed by atoms with Crippen LogP contribution in [0.1, 0.15) is 12.0 Å². The van der Waals surface area contributed by atoms with Crippen molar-refractivity contribution < 1.29 is 24.1 Å². The molecular formula is C13H17FO4. The standard InChI is InChI=1S/C13H17FO4/c1-18-8-11(15)7-10(13(16)17)6-9-4-2-3-5-12(9)14/h2-5,10-11,15H,6-8H2,1H3,(H,16,17). The number of ether oxygens (including phenoxy) is 1. The van der Waals surface area contributed by atoms with Gasteiger partial charge in [-0.15, -0.1) is 0 Å². The van der Waals surface area contributed by atoms with Crippen LogP contribution in [0.5, 0.6) is 0 Å². The first-order chi connectivity index (χ1) is 8.54. The van der Waals surface area contributed by atoms with Crippen molar-refractivity contribution in [3.05, 3.63) is 35.6 Å². The molecule has 1 rings (SSSR count). The first-order valence-electron chi connectivity index (χ1n) is 5.67. The van der Waals surface area contributed by atoms with Gasteiger partial charge in [0.25, 0.3) is 0 Å². The molecular weight excluding hydrogens is 239 g/mol. The molecule has 0 aliphatic carbocycles. The summed E-state index contributed by atoms with van der Waals surface area (Å²) in [6, 6.07) is 6.05. The van der Waals surface area contributed by atoms with Crippen molar-refractivity contribution in [2.24, 2.45) is 5.92 Å². The number of rotatable bonds is 7. The van der Waals surface area contributed by atoms with Gasteiger partial charge < -0.3 is 14.9 Å². The molecule has 1 aromatic carbocycles. The molecule has 0 amide bonds. The Morgan fingerprint density at radius 2 is 2.11 bits per heavy atom. The topological polar surface area (TPSA) is 66.8 Å². The molecule has 2 atom stereocenters. The Balaban J connectivity index is 2.69. The maximum Gasteiger partial charge on any atom is 0.306 e. The molecule has 0 aliphatic rings. The lowest BCUT2D eigenvalue weighted by Gasteiger charge is -2.16. The summed E-state index contributed by atoms with van der Waals surface area (Å²) in [5, 5.41) is 18.6. The van der Waals surface area contributed by atoms with Crippen LogP contribution in [0, 0.1) is 11.7 Å². The first kappa shape index (κ1) is 14.6. The van der Waals surface area contributed by atoms with Crippen LogP contribution in [0.15, 0.2) is 24.3 Å². The van der Waals surface area contributed by atoms with Crippen LogP contribution in [0.25, 0.3) is 0 Å². The molecule has 0 saturated carbocycles. The lowest BCUT2D eigenvalue weighted by Crippen LogP contribution is -2.25. The van der Waals surface area contributed by atoms with Crippen molar-refractivity contribution >= 4 is 5.97 Å². The van der Waals surface area contributed by atoms with Gasteiger partial charge in [0.1, 0.15) is 5.82 Å². The lowest BCUT2D eigenvalue weighted by atomic mass is 9.93. The minimum absolute atomic E-state index is 0.0392. The van der Waals surface area contributed by atoms with E-state index in [0.29, 0.717) is 5.56 Å². The summed E-state index contributed by atoms with van der Waals surface area (Å²) in [5.74, 6) is -2.30. The Labute approximate surface area is 105 Å². The highest BCUT2D eigenvalue weighted by Crippen LogP contribution is 2.17. The minimum atomic E-state index is -1.05. The van der Waals surface area contributed by atoms with Crippen molar-refractivity contribution in [3.8, 4) is 0 Å². The van der Waals surface area contributed by atoms with Crippen LogP contribution in [-0.2, 0) is 16.0 Å². The molecule has 1 aromatic rings. The summed E-state index contributed by atoms with van der Waals surface area (Å²) in [7, 11) is 1.43. The Kier molecular flexibility index (Phi) is 5.74. The normalized spacial score (nSPS) is 14.2. The molecule has 0 aromatic heterocycles. The smallest absolute Gasteiger partial charge is 0.306 e. The van der Waals surface area contributed by atoms with E-state index in [1.807, 2.05) is 0 Å². The van der Waals surface area contributed by atoms with Crippen molar-refractivity contribution in [1.82, 2.24) is 0 Å². The zero-order valence-electron chi connectivity index (χ0n) is 10.2. The molecule has 0 fully saturated rings. The highest BCUT2D eigenvalue weighted by molar-refractivity contribution is 5.70. The van der Waals surface area contributed by atoms with Gasteiger partial charge in [-0.2, -0.15) is 0 Å². The monoisotopic (exact) mass is 256 g/mol. The second-order valence-electron chi connectivity index (χ2n) is 4.18. The van der Waals surface area contributed by atoms with Gasteiger partial charge in [0.05, 0.1) is 18.6 Å². The molecule has 2 N–H and O–H groups in total. The second kappa shape index (κ2) is 7.08. The fourth-order valence-electron chi connectivity index (χ4n) is 1.79. The van der Waals surface area contributed by atoms with Crippen LogP contribution in [-0.4, -0.2) is 36.0 Å². The molecule has 0 heterocycles. The van der Waals surface area contributed by atoms with E-state index in [9.17, 15) is 14.3 Å². The Morgan fingerprint density at radius 1 is 1.44 bits per heavy atom. The first-order valence-corrected chi connectivity index (χ1v) is 5.67. The number of methoxy groups -OCH3 is 1. The number of aliphatic hydroxyl groups is 1. The number of benzene rings is 1. The lowest BCUT2D eigenvalue weighted by molar-refractivity contribution is -0.143. The number of carbonyl (C=O) groups is 1. The number of carboxylic acid groups (broad SMARTS) is 1. The molecule has 18 heavy (non-hydrogen) atoms. The average Bonchev–Trinajstić information content (AvgIpc) is 2.31. The van der Waals surface area contributed by atoms with Gasteiger partial charge in [0.2, 0.25) is 0 Å². The quantitative estimate of drug-likeness (QED) is 0.775. The second-order valence-corrected chi connectivity index (χ2v) is 4.18. The molecule has 0 radical (unpaired) electrons. The van der Waals surface area contributed by atoms with Crippen molar-refractivity contribution in [1.29, 1.82) is 0 Å². The Hall–Kier alpha value is -1.46. The molecule has 5 heteroatoms. The van der Waals surface area contributed by atoms with Crippen LogP contribution >= 0.6 is 0 Å². The van der Waals surface area contributed by atoms with Gasteiger partial charge >= 0.3 is 5.97 Å². The van der Waals surface area contributed by atoms with E-state index in [1.54, 1.807) is 18.2 Å². The van der Waals surface area contributed by atoms with E-state index in [-0.39, 0.29) is 19.4 Å². The predicted octanol–water partition coefficient (Wildman–Crippen LogP) is 1.47. The third-order valence-electron chi connectivity index (χ3n) is 2.69. The molecule has 0 bridgehead atoms. The highest BCUT2D eigenvalue weighted by atomic mass is 19.1. The summed E-state index contributed by atoms with van der Waals surface area (Å²) in [4.78, 5) is 11.1. The number of carboxylic acids is 1. The predicted molar refractivity (Wildman–Crippen MR) is 63.7 cm³/mol. The van der Waals surface area contributed by atoms with E-state index in [1.165, 1.54) is 13.2 Å². The number of halogens is 1. The largest absolute Gasteiger partial charge is 0.481 e. The van der Waals surface area contributed by atoms with Crippen molar-refractivity contribution in [2.75, 3.05) is 13.7 Å². The summed E-state index contributed by atoms with van der Waals surface area (Å²) in [6.45, 7) is 0.0705. The van der Waals surface area contributed by atoms with Crippen molar-refractivity contribution in [2.45, 2.75) is 18.9 Å². The summed E-state index contributed by atoms with van der Waals surface area (Å²) in [6.07, 6.45) is -0.761. The highest BCUT2D eigenvalue weighted by Gasteiger charge is 2.23. The maximum absolute atomic E-state index is 13.4. The summed E-state index contributed by atoms with van der Waals surface area (Å²) in [5.41, 5.74) is 0.342. The van der Waals surface area contributed by atoms with Crippen LogP contribution < -0.4 is 0 Å². The summed E-state index contributed by atoms with van der Waals surface area (Å²) < 4.78 is 18.2. The van der Waals surface area contributed by atoms with E-state index < -0.39 is 23.8 Å². The number of hydrogen-bond acceptors (Lipinski definition) is 3. The van der Waals surface area contributed by atoms with Gasteiger partial charge in [-0.05, 0) is 24.5 Å². The third-order valence-corrected chi connectivity index (χ3v) is 2.69. The van der Waals surface area contributed by atoms with Crippen LogP contribution in [0.3, 0.4) is 0 Å². The van der Waals surface area contributed by atoms with Gasteiger partial charge in [0, 0.05) is 7.11 Å². The van der Waals surface area contributed by atoms with Crippen molar-refractivity contribution in [3.63, 3.8) is 0 Å². The molecule has 4 nitrogen and oxygen atoms in total. The van der Waals surface area contributed by atoms with E-state index in [4.69, 9.17) is 9.84 Å². The van der Waals surface area contributed by atoms with Gasteiger partial charge in [-0.25, -0.2) is 4.39 Å². The zero-order valence-corrected chi connectivity index (χ0v) is 10.2. The Bertz CT molecular complexity index is 394. The third kappa shape index (κ3) is 4.43. The Morgan fingerprint density at radius 3 is 2.67 bits per heavy atom. The van der Waals surface area contributed by atoms with Gasteiger partial charge in [-0.1, -0.05) is 18.2 Å². The van der Waals surface area contributed by atoms with E-state index >= 15 is 0 Å². The number of aliphatic hydroxyl groups excluding tert-OH is 1. The molecule has 0 saturated heterocycles. The molecule has 0 aliphatic heterocycles. The SMILES string of the molecule is COCC(O)CC(Cc1ccccc1F)C(=O)O. The van der Waals surface area contributed by atoms with Gasteiger partial charge in [-0.3, -0.25) is 4.79 Å². The molecule has 2 unspecified atom stereocenters. The average molecular weight is 256 g/mol. The van der Waals surface area contributed by atoms with E-state index in [2.05, 4.69) is 0 Å². The number of aliphatic carboxylic acids is 1. The summed E-state index contributed by atoms with van der Waals surface area (Å²) >= 11 is 0. The fraction of sp³-hybridized carbons (Fsp3) is 0.462. The fourth-order valence-corrected chi connectivity index (χ4v) is 1.79. The number of hydrogen-bond donors (Lipinski definition) is 2. The van der Waals surface area contributed by atoms with Crippen LogP contribution in [0.2, 0.25) is 0 Å². The van der Waals surface area contributed by atoms with Gasteiger partial charge in [0.15, 0.2) is 0 Å².